The fourth-order valence-corrected chi connectivity index (χ4v) is 2.30. The molecule has 19 heavy (non-hydrogen) atoms. The molecule has 1 aromatic heterocycles. The smallest absolute Gasteiger partial charge is 0.136 e. The lowest BCUT2D eigenvalue weighted by atomic mass is 10.2. The van der Waals surface area contributed by atoms with Gasteiger partial charge in [0.05, 0.1) is 0 Å². The molecule has 1 heterocycles. The van der Waals surface area contributed by atoms with Crippen molar-refractivity contribution < 1.29 is 0 Å². The van der Waals surface area contributed by atoms with Gasteiger partial charge in [0.2, 0.25) is 0 Å². The molecule has 98 valence electrons. The Bertz CT molecular complexity index is 623. The van der Waals surface area contributed by atoms with Crippen LogP contribution in [0.1, 0.15) is 30.1 Å². The van der Waals surface area contributed by atoms with Crippen molar-refractivity contribution in [3.05, 3.63) is 40.1 Å². The van der Waals surface area contributed by atoms with Gasteiger partial charge in [0.1, 0.15) is 17.5 Å². The zero-order valence-corrected chi connectivity index (χ0v) is 12.2. The van der Waals surface area contributed by atoms with Crippen LogP contribution in [0.2, 0.25) is 0 Å². The fraction of sp³-hybridized carbons (Fsp3) is 0.286. The first-order chi connectivity index (χ1) is 9.11. The van der Waals surface area contributed by atoms with E-state index in [2.05, 4.69) is 44.2 Å². The summed E-state index contributed by atoms with van der Waals surface area (Å²) in [4.78, 5) is 8.84. The summed E-state index contributed by atoms with van der Waals surface area (Å²) in [6.07, 6.45) is 2.33. The lowest BCUT2D eigenvalue weighted by Gasteiger charge is -2.11. The molecule has 1 aliphatic carbocycles. The second kappa shape index (κ2) is 4.81. The molecule has 1 aromatic carbocycles. The quantitative estimate of drug-likeness (QED) is 0.904. The van der Waals surface area contributed by atoms with Crippen LogP contribution in [-0.4, -0.2) is 9.97 Å². The second-order valence-electron chi connectivity index (χ2n) is 4.89. The van der Waals surface area contributed by atoms with Crippen LogP contribution in [0.5, 0.6) is 0 Å². The monoisotopic (exact) mass is 318 g/mol. The molecule has 0 atom stereocenters. The van der Waals surface area contributed by atoms with Crippen molar-refractivity contribution in [2.75, 3.05) is 11.1 Å². The lowest BCUT2D eigenvalue weighted by molar-refractivity contribution is 0.935. The summed E-state index contributed by atoms with van der Waals surface area (Å²) in [7, 11) is 0. The van der Waals surface area contributed by atoms with Crippen LogP contribution in [0.25, 0.3) is 0 Å². The van der Waals surface area contributed by atoms with E-state index in [1.54, 1.807) is 6.07 Å². The third-order valence-electron chi connectivity index (χ3n) is 3.17. The summed E-state index contributed by atoms with van der Waals surface area (Å²) in [5.41, 5.74) is 8.03. The number of hydrogen-bond donors (Lipinski definition) is 2. The number of halogens is 1. The zero-order valence-electron chi connectivity index (χ0n) is 10.7. The molecular formula is C14H15BrN4. The largest absolute Gasteiger partial charge is 0.384 e. The summed E-state index contributed by atoms with van der Waals surface area (Å²) in [5, 5.41) is 3.32. The van der Waals surface area contributed by atoms with Crippen LogP contribution < -0.4 is 11.1 Å². The van der Waals surface area contributed by atoms with Crippen LogP contribution in [0.3, 0.4) is 0 Å². The van der Waals surface area contributed by atoms with Crippen LogP contribution in [0.15, 0.2) is 28.7 Å². The number of anilines is 3. The Morgan fingerprint density at radius 2 is 2.05 bits per heavy atom. The summed E-state index contributed by atoms with van der Waals surface area (Å²) >= 11 is 3.47. The number of nitrogen functional groups attached to an aromatic ring is 1. The Balaban J connectivity index is 1.92. The average molecular weight is 319 g/mol. The minimum atomic E-state index is 0.493. The van der Waals surface area contributed by atoms with Crippen molar-refractivity contribution in [3.8, 4) is 0 Å². The normalized spacial score (nSPS) is 14.4. The SMILES string of the molecule is Cc1ccc(Br)cc1Nc1cc(N)nc(C2CC2)n1. The molecule has 4 nitrogen and oxygen atoms in total. The molecule has 0 saturated heterocycles. The molecule has 1 saturated carbocycles. The van der Waals surface area contributed by atoms with Gasteiger partial charge in [-0.2, -0.15) is 0 Å². The average Bonchev–Trinajstić information content (AvgIpc) is 3.17. The Morgan fingerprint density at radius 1 is 1.26 bits per heavy atom. The molecule has 0 unspecified atom stereocenters. The molecule has 0 bridgehead atoms. The molecule has 5 heteroatoms. The number of aryl methyl sites for hydroxylation is 1. The Labute approximate surface area is 120 Å². The highest BCUT2D eigenvalue weighted by Gasteiger charge is 2.27. The molecule has 0 aliphatic heterocycles. The third-order valence-corrected chi connectivity index (χ3v) is 3.66. The maximum Gasteiger partial charge on any atom is 0.136 e. The molecule has 0 spiro atoms. The minimum absolute atomic E-state index is 0.493. The molecule has 2 aromatic rings. The molecule has 0 amide bonds. The number of nitrogens with zero attached hydrogens (tertiary/aromatic N) is 2. The number of benzene rings is 1. The number of nitrogens with one attached hydrogen (secondary N) is 1. The van der Waals surface area contributed by atoms with Gasteiger partial charge in [0, 0.05) is 22.1 Å². The Hall–Kier alpha value is -1.62. The fourth-order valence-electron chi connectivity index (χ4n) is 1.94. The molecule has 0 radical (unpaired) electrons. The van der Waals surface area contributed by atoms with E-state index in [1.165, 1.54) is 12.8 Å². The molecule has 3 rings (SSSR count). The number of aromatic nitrogens is 2. The van der Waals surface area contributed by atoms with Gasteiger partial charge in [-0.1, -0.05) is 22.0 Å². The van der Waals surface area contributed by atoms with Gasteiger partial charge in [0.15, 0.2) is 0 Å². The van der Waals surface area contributed by atoms with Crippen LogP contribution >= 0.6 is 15.9 Å². The molecule has 1 fully saturated rings. The van der Waals surface area contributed by atoms with Crippen molar-refractivity contribution in [3.63, 3.8) is 0 Å². The standard InChI is InChI=1S/C14H15BrN4/c1-8-2-5-10(15)6-11(8)17-13-7-12(16)18-14(19-13)9-3-4-9/h2,5-7,9H,3-4H2,1H3,(H3,16,17,18,19). The third kappa shape index (κ3) is 2.87. The van der Waals surface area contributed by atoms with Crippen molar-refractivity contribution in [2.24, 2.45) is 0 Å². The van der Waals surface area contributed by atoms with Gasteiger partial charge in [-0.25, -0.2) is 9.97 Å². The van der Waals surface area contributed by atoms with E-state index < -0.39 is 0 Å². The number of nitrogens with two attached hydrogens (primary N) is 1. The van der Waals surface area contributed by atoms with Crippen LogP contribution in [-0.2, 0) is 0 Å². The summed E-state index contributed by atoms with van der Waals surface area (Å²) < 4.78 is 1.03. The summed E-state index contributed by atoms with van der Waals surface area (Å²) in [6.45, 7) is 2.06. The zero-order chi connectivity index (χ0) is 13.4. The number of rotatable bonds is 3. The Morgan fingerprint density at radius 3 is 2.79 bits per heavy atom. The molecular weight excluding hydrogens is 304 g/mol. The first-order valence-electron chi connectivity index (χ1n) is 6.29. The maximum absolute atomic E-state index is 5.85. The van der Waals surface area contributed by atoms with Gasteiger partial charge in [-0.05, 0) is 37.5 Å². The highest BCUT2D eigenvalue weighted by molar-refractivity contribution is 9.10. The van der Waals surface area contributed by atoms with Gasteiger partial charge >= 0.3 is 0 Å². The van der Waals surface area contributed by atoms with Crippen LogP contribution in [0, 0.1) is 6.92 Å². The van der Waals surface area contributed by atoms with Crippen molar-refractivity contribution in [1.29, 1.82) is 0 Å². The van der Waals surface area contributed by atoms with E-state index in [0.717, 1.165) is 27.4 Å². The maximum atomic E-state index is 5.85. The van der Waals surface area contributed by atoms with Crippen LogP contribution in [0.4, 0.5) is 17.3 Å². The first-order valence-corrected chi connectivity index (χ1v) is 7.09. The van der Waals surface area contributed by atoms with E-state index in [9.17, 15) is 0 Å². The van der Waals surface area contributed by atoms with Crippen molar-refractivity contribution >= 4 is 33.3 Å². The van der Waals surface area contributed by atoms with E-state index >= 15 is 0 Å². The predicted molar refractivity (Wildman–Crippen MR) is 80.6 cm³/mol. The van der Waals surface area contributed by atoms with Crippen molar-refractivity contribution in [1.82, 2.24) is 9.97 Å². The number of hydrogen-bond acceptors (Lipinski definition) is 4. The van der Waals surface area contributed by atoms with Gasteiger partial charge in [-0.15, -0.1) is 0 Å². The minimum Gasteiger partial charge on any atom is -0.384 e. The van der Waals surface area contributed by atoms with E-state index in [-0.39, 0.29) is 0 Å². The predicted octanol–water partition coefficient (Wildman–Crippen LogP) is 3.75. The summed E-state index contributed by atoms with van der Waals surface area (Å²) in [5.74, 6) is 2.63. The van der Waals surface area contributed by atoms with E-state index in [4.69, 9.17) is 5.73 Å². The highest BCUT2D eigenvalue weighted by Crippen LogP contribution is 2.38. The first kappa shape index (κ1) is 12.4. The second-order valence-corrected chi connectivity index (χ2v) is 5.81. The Kier molecular flexibility index (Phi) is 3.14. The van der Waals surface area contributed by atoms with Gasteiger partial charge in [0.25, 0.3) is 0 Å². The lowest BCUT2D eigenvalue weighted by Crippen LogP contribution is -2.03. The topological polar surface area (TPSA) is 63.8 Å². The highest BCUT2D eigenvalue weighted by atomic mass is 79.9. The van der Waals surface area contributed by atoms with Gasteiger partial charge < -0.3 is 11.1 Å². The molecule has 1 aliphatic rings. The summed E-state index contributed by atoms with van der Waals surface area (Å²) in [6, 6.07) is 7.87. The van der Waals surface area contributed by atoms with Gasteiger partial charge in [-0.3, -0.25) is 0 Å². The van der Waals surface area contributed by atoms with Crippen molar-refractivity contribution in [2.45, 2.75) is 25.7 Å². The van der Waals surface area contributed by atoms with E-state index in [1.807, 2.05) is 12.1 Å². The molecule has 3 N–H and O–H groups in total. The van der Waals surface area contributed by atoms with E-state index in [0.29, 0.717) is 11.7 Å².